The number of nitrogens with one attached hydrogen (secondary N) is 1. The molecule has 0 spiro atoms. The molecule has 0 saturated carbocycles. The monoisotopic (exact) mass is 282 g/mol. The van der Waals surface area contributed by atoms with Crippen molar-refractivity contribution in [3.63, 3.8) is 0 Å². The maximum atomic E-state index is 12.5. The van der Waals surface area contributed by atoms with Gasteiger partial charge in [0, 0.05) is 20.0 Å². The first kappa shape index (κ1) is 14.9. The van der Waals surface area contributed by atoms with Crippen molar-refractivity contribution in [1.29, 1.82) is 0 Å². The van der Waals surface area contributed by atoms with E-state index in [1.807, 2.05) is 18.7 Å². The van der Waals surface area contributed by atoms with Gasteiger partial charge in [0.05, 0.1) is 25.8 Å². The van der Waals surface area contributed by atoms with E-state index in [4.69, 9.17) is 9.26 Å². The number of aromatic nitrogens is 2. The Balaban J connectivity index is 1.93. The predicted molar refractivity (Wildman–Crippen MR) is 71.9 cm³/mol. The molecule has 2 rings (SSSR count). The predicted octanol–water partition coefficient (Wildman–Crippen LogP) is 0.351. The Hall–Kier alpha value is -1.47. The summed E-state index contributed by atoms with van der Waals surface area (Å²) in [5.41, 5.74) is 0. The molecule has 20 heavy (non-hydrogen) atoms. The zero-order valence-corrected chi connectivity index (χ0v) is 12.3. The van der Waals surface area contributed by atoms with Crippen molar-refractivity contribution in [3.8, 4) is 0 Å². The van der Waals surface area contributed by atoms with Gasteiger partial charge < -0.3 is 14.2 Å². The normalized spacial score (nSPS) is 17.5. The van der Waals surface area contributed by atoms with E-state index >= 15 is 0 Å². The van der Waals surface area contributed by atoms with Gasteiger partial charge in [-0.15, -0.1) is 0 Å². The number of carbonyl (C=O) groups excluding carboxylic acids is 1. The molecule has 1 aliphatic rings. The van der Waals surface area contributed by atoms with Crippen LogP contribution in [0.3, 0.4) is 0 Å². The van der Waals surface area contributed by atoms with Gasteiger partial charge in [-0.2, -0.15) is 4.98 Å². The van der Waals surface area contributed by atoms with Gasteiger partial charge in [0.15, 0.2) is 5.82 Å². The fraction of sp³-hybridized carbons (Fsp3) is 0.769. The summed E-state index contributed by atoms with van der Waals surface area (Å²) in [5.74, 6) is 1.41. The van der Waals surface area contributed by atoms with Crippen molar-refractivity contribution < 1.29 is 14.1 Å². The molecule has 1 N–H and O–H groups in total. The maximum Gasteiger partial charge on any atom is 0.240 e. The van der Waals surface area contributed by atoms with Gasteiger partial charge in [-0.3, -0.25) is 10.1 Å². The molecule has 1 fully saturated rings. The number of nitrogens with zero attached hydrogens (tertiary/aromatic N) is 3. The van der Waals surface area contributed by atoms with Gasteiger partial charge in [-0.05, 0) is 5.92 Å². The second kappa shape index (κ2) is 6.81. The molecule has 0 bridgehead atoms. The first-order valence-corrected chi connectivity index (χ1v) is 6.97. The Morgan fingerprint density at radius 1 is 1.40 bits per heavy atom. The van der Waals surface area contributed by atoms with Crippen LogP contribution in [-0.4, -0.2) is 53.3 Å². The van der Waals surface area contributed by atoms with E-state index in [0.717, 1.165) is 0 Å². The fourth-order valence-electron chi connectivity index (χ4n) is 2.20. The third kappa shape index (κ3) is 3.77. The van der Waals surface area contributed by atoms with Crippen molar-refractivity contribution in [2.75, 3.05) is 26.3 Å². The van der Waals surface area contributed by atoms with Gasteiger partial charge >= 0.3 is 0 Å². The van der Waals surface area contributed by atoms with Crippen LogP contribution >= 0.6 is 0 Å². The van der Waals surface area contributed by atoms with E-state index in [-0.39, 0.29) is 17.9 Å². The number of morpholine rings is 1. The molecule has 1 aromatic heterocycles. The van der Waals surface area contributed by atoms with E-state index in [1.165, 1.54) is 0 Å². The second-order valence-corrected chi connectivity index (χ2v) is 5.27. The topological polar surface area (TPSA) is 80.5 Å². The molecule has 1 aliphatic heterocycles. The minimum atomic E-state index is -0.244. The summed E-state index contributed by atoms with van der Waals surface area (Å²) in [7, 11) is 0. The summed E-state index contributed by atoms with van der Waals surface area (Å²) >= 11 is 0. The lowest BCUT2D eigenvalue weighted by atomic mass is 10.0. The summed E-state index contributed by atoms with van der Waals surface area (Å²) in [4.78, 5) is 18.5. The van der Waals surface area contributed by atoms with Gasteiger partial charge in [-0.1, -0.05) is 19.0 Å². The molecule has 1 amide bonds. The van der Waals surface area contributed by atoms with Gasteiger partial charge in [0.1, 0.15) is 0 Å². The number of carbonyl (C=O) groups is 1. The van der Waals surface area contributed by atoms with Crippen LogP contribution in [0, 0.1) is 12.8 Å². The zero-order chi connectivity index (χ0) is 14.5. The third-order valence-corrected chi connectivity index (χ3v) is 3.31. The number of rotatable bonds is 5. The average Bonchev–Trinajstić information content (AvgIpc) is 2.85. The number of ether oxygens (including phenoxy) is 1. The Morgan fingerprint density at radius 2 is 2.10 bits per heavy atom. The van der Waals surface area contributed by atoms with Crippen LogP contribution in [-0.2, 0) is 16.1 Å². The minimum Gasteiger partial charge on any atom is -0.378 e. The van der Waals surface area contributed by atoms with Crippen molar-refractivity contribution in [2.45, 2.75) is 33.4 Å². The van der Waals surface area contributed by atoms with E-state index in [1.54, 1.807) is 6.92 Å². The molecular formula is C13H22N4O3. The van der Waals surface area contributed by atoms with Crippen LogP contribution in [0.25, 0.3) is 0 Å². The highest BCUT2D eigenvalue weighted by molar-refractivity contribution is 5.82. The van der Waals surface area contributed by atoms with Crippen molar-refractivity contribution in [2.24, 2.45) is 5.92 Å². The van der Waals surface area contributed by atoms with Crippen molar-refractivity contribution >= 4 is 5.91 Å². The smallest absolute Gasteiger partial charge is 0.240 e. The molecule has 112 valence electrons. The minimum absolute atomic E-state index is 0.114. The molecule has 2 heterocycles. The van der Waals surface area contributed by atoms with Gasteiger partial charge in [0.2, 0.25) is 11.8 Å². The van der Waals surface area contributed by atoms with Crippen LogP contribution < -0.4 is 5.32 Å². The summed E-state index contributed by atoms with van der Waals surface area (Å²) in [6.45, 7) is 8.76. The molecule has 7 nitrogen and oxygen atoms in total. The summed E-state index contributed by atoms with van der Waals surface area (Å²) in [5, 5.41) is 7.05. The molecule has 1 atom stereocenters. The standard InChI is InChI=1S/C13H22N4O3/c1-9(2)12(13(18)17-4-6-19-7-5-17)14-8-11-15-10(3)20-16-11/h9,12,14H,4-8H2,1-3H3/t12-/m1/s1. The highest BCUT2D eigenvalue weighted by atomic mass is 16.5. The Kier molecular flexibility index (Phi) is 5.08. The Labute approximate surface area is 118 Å². The van der Waals surface area contributed by atoms with E-state index in [9.17, 15) is 4.79 Å². The Bertz CT molecular complexity index is 441. The number of hydrogen-bond donors (Lipinski definition) is 1. The number of hydrogen-bond acceptors (Lipinski definition) is 6. The molecular weight excluding hydrogens is 260 g/mol. The van der Waals surface area contributed by atoms with Crippen molar-refractivity contribution in [3.05, 3.63) is 11.7 Å². The van der Waals surface area contributed by atoms with Crippen LogP contribution in [0.1, 0.15) is 25.6 Å². The molecule has 1 saturated heterocycles. The first-order chi connectivity index (χ1) is 9.58. The number of amides is 1. The lowest BCUT2D eigenvalue weighted by molar-refractivity contribution is -0.138. The van der Waals surface area contributed by atoms with Crippen LogP contribution in [0.4, 0.5) is 0 Å². The largest absolute Gasteiger partial charge is 0.378 e. The highest BCUT2D eigenvalue weighted by Crippen LogP contribution is 2.09. The maximum absolute atomic E-state index is 12.5. The molecule has 0 aliphatic carbocycles. The zero-order valence-electron chi connectivity index (χ0n) is 12.3. The van der Waals surface area contributed by atoms with Gasteiger partial charge in [0.25, 0.3) is 0 Å². The summed E-state index contributed by atoms with van der Waals surface area (Å²) < 4.78 is 10.2. The molecule has 1 aromatic rings. The van der Waals surface area contributed by atoms with E-state index in [0.29, 0.717) is 44.6 Å². The van der Waals surface area contributed by atoms with Crippen LogP contribution in [0.15, 0.2) is 4.52 Å². The summed E-state index contributed by atoms with van der Waals surface area (Å²) in [6.07, 6.45) is 0. The molecule has 0 aromatic carbocycles. The van der Waals surface area contributed by atoms with Crippen molar-refractivity contribution in [1.82, 2.24) is 20.4 Å². The van der Waals surface area contributed by atoms with Crippen LogP contribution in [0.5, 0.6) is 0 Å². The van der Waals surface area contributed by atoms with E-state index < -0.39 is 0 Å². The SMILES string of the molecule is Cc1nc(CN[C@@H](C(=O)N2CCOCC2)C(C)C)no1. The molecule has 0 unspecified atom stereocenters. The first-order valence-electron chi connectivity index (χ1n) is 6.97. The highest BCUT2D eigenvalue weighted by Gasteiger charge is 2.28. The summed E-state index contributed by atoms with van der Waals surface area (Å²) in [6, 6.07) is -0.244. The molecule has 7 heteroatoms. The third-order valence-electron chi connectivity index (χ3n) is 3.31. The average molecular weight is 282 g/mol. The fourth-order valence-corrected chi connectivity index (χ4v) is 2.20. The Morgan fingerprint density at radius 3 is 2.65 bits per heavy atom. The molecule has 0 radical (unpaired) electrons. The number of aryl methyl sites for hydroxylation is 1. The van der Waals surface area contributed by atoms with E-state index in [2.05, 4.69) is 15.5 Å². The van der Waals surface area contributed by atoms with Gasteiger partial charge in [-0.25, -0.2) is 0 Å². The second-order valence-electron chi connectivity index (χ2n) is 5.27. The lowest BCUT2D eigenvalue weighted by Crippen LogP contribution is -2.52. The van der Waals surface area contributed by atoms with Crippen LogP contribution in [0.2, 0.25) is 0 Å². The quantitative estimate of drug-likeness (QED) is 0.839. The lowest BCUT2D eigenvalue weighted by Gasteiger charge is -2.32.